The number of hydrogen-bond acceptors (Lipinski definition) is 3. The van der Waals surface area contributed by atoms with Crippen LogP contribution in [0.3, 0.4) is 0 Å². The molecule has 2 atom stereocenters. The van der Waals surface area contributed by atoms with Gasteiger partial charge in [0.05, 0.1) is 12.0 Å². The molecule has 1 fully saturated rings. The van der Waals surface area contributed by atoms with Gasteiger partial charge in [-0.3, -0.25) is 9.59 Å². The highest BCUT2D eigenvalue weighted by Crippen LogP contribution is 2.37. The van der Waals surface area contributed by atoms with Gasteiger partial charge in [0.15, 0.2) is 0 Å². The Morgan fingerprint density at radius 1 is 1.29 bits per heavy atom. The smallest absolute Gasteiger partial charge is 0.308 e. The van der Waals surface area contributed by atoms with E-state index in [9.17, 15) is 19.1 Å². The van der Waals surface area contributed by atoms with Crippen LogP contribution in [0.5, 0.6) is 0 Å². The summed E-state index contributed by atoms with van der Waals surface area (Å²) in [6.07, 6.45) is 1.18. The number of nitrogens with zero attached hydrogens (tertiary/aromatic N) is 1. The van der Waals surface area contributed by atoms with E-state index in [0.29, 0.717) is 19.4 Å². The molecule has 0 aliphatic carbocycles. The molecule has 1 N–H and O–H groups in total. The summed E-state index contributed by atoms with van der Waals surface area (Å²) in [6.45, 7) is 0.425. The molecule has 1 aromatic carbocycles. The number of carbonyl (C=O) groups is 2. The van der Waals surface area contributed by atoms with Crippen molar-refractivity contribution in [1.82, 2.24) is 4.90 Å². The SMILES string of the molecule is O=C(O)[C@@H]1CCC(=O)N(CCc2ccc(F)cc2)[C@H]1c1ccsc1. The van der Waals surface area contributed by atoms with Gasteiger partial charge < -0.3 is 10.0 Å². The predicted octanol–water partition coefficient (Wildman–Crippen LogP) is 3.49. The highest BCUT2D eigenvalue weighted by atomic mass is 32.1. The lowest BCUT2D eigenvalue weighted by Gasteiger charge is -2.39. The summed E-state index contributed by atoms with van der Waals surface area (Å²) in [6, 6.07) is 7.62. The average Bonchev–Trinajstić information content (AvgIpc) is 3.08. The average molecular weight is 347 g/mol. The van der Waals surface area contributed by atoms with Gasteiger partial charge >= 0.3 is 5.97 Å². The fraction of sp³-hybridized carbons (Fsp3) is 0.333. The molecule has 3 rings (SSSR count). The van der Waals surface area contributed by atoms with Crippen LogP contribution < -0.4 is 0 Å². The van der Waals surface area contributed by atoms with Crippen molar-refractivity contribution in [1.29, 1.82) is 0 Å². The third kappa shape index (κ3) is 3.48. The van der Waals surface area contributed by atoms with E-state index >= 15 is 0 Å². The Morgan fingerprint density at radius 2 is 2.04 bits per heavy atom. The monoisotopic (exact) mass is 347 g/mol. The summed E-state index contributed by atoms with van der Waals surface area (Å²) in [5, 5.41) is 13.4. The van der Waals surface area contributed by atoms with E-state index in [2.05, 4.69) is 0 Å². The number of aliphatic carboxylic acids is 1. The van der Waals surface area contributed by atoms with Crippen LogP contribution in [-0.2, 0) is 16.0 Å². The van der Waals surface area contributed by atoms with Crippen molar-refractivity contribution in [3.05, 3.63) is 58.0 Å². The fourth-order valence-corrected chi connectivity index (χ4v) is 3.92. The number of carboxylic acids is 1. The molecule has 2 aromatic rings. The van der Waals surface area contributed by atoms with Crippen molar-refractivity contribution in [3.63, 3.8) is 0 Å². The molecule has 0 spiro atoms. The molecular formula is C18H18FNO3S. The van der Waals surface area contributed by atoms with E-state index in [-0.39, 0.29) is 18.1 Å². The maximum absolute atomic E-state index is 13.0. The third-order valence-corrected chi connectivity index (χ3v) is 5.16. The highest BCUT2D eigenvalue weighted by Gasteiger charge is 2.40. The first kappa shape index (κ1) is 16.6. The maximum Gasteiger partial charge on any atom is 0.308 e. The molecule has 1 saturated heterocycles. The lowest BCUT2D eigenvalue weighted by Crippen LogP contribution is -2.46. The summed E-state index contributed by atoms with van der Waals surface area (Å²) < 4.78 is 13.0. The Balaban J connectivity index is 1.82. The zero-order valence-corrected chi connectivity index (χ0v) is 13.8. The van der Waals surface area contributed by atoms with Gasteiger partial charge in [0, 0.05) is 13.0 Å². The first-order valence-corrected chi connectivity index (χ1v) is 8.79. The number of piperidine rings is 1. The van der Waals surface area contributed by atoms with Crippen molar-refractivity contribution >= 4 is 23.2 Å². The number of carboxylic acid groups (broad SMARTS) is 1. The summed E-state index contributed by atoms with van der Waals surface area (Å²) in [4.78, 5) is 25.7. The van der Waals surface area contributed by atoms with Crippen LogP contribution >= 0.6 is 11.3 Å². The number of carbonyl (C=O) groups excluding carboxylic acids is 1. The van der Waals surface area contributed by atoms with Gasteiger partial charge in [0.1, 0.15) is 5.82 Å². The normalized spacial score (nSPS) is 21.0. The van der Waals surface area contributed by atoms with E-state index in [4.69, 9.17) is 0 Å². The molecule has 1 amide bonds. The second-order valence-electron chi connectivity index (χ2n) is 5.95. The molecule has 126 valence electrons. The lowest BCUT2D eigenvalue weighted by atomic mass is 9.85. The van der Waals surface area contributed by atoms with Crippen LogP contribution in [-0.4, -0.2) is 28.4 Å². The van der Waals surface area contributed by atoms with Crippen LogP contribution in [0.4, 0.5) is 4.39 Å². The van der Waals surface area contributed by atoms with Gasteiger partial charge in [-0.15, -0.1) is 0 Å². The van der Waals surface area contributed by atoms with Crippen molar-refractivity contribution in [2.24, 2.45) is 5.92 Å². The molecule has 1 aliphatic heterocycles. The molecule has 4 nitrogen and oxygen atoms in total. The topological polar surface area (TPSA) is 57.6 Å². The second kappa shape index (κ2) is 7.13. The summed E-state index contributed by atoms with van der Waals surface area (Å²) in [5.41, 5.74) is 1.80. The molecule has 2 heterocycles. The second-order valence-corrected chi connectivity index (χ2v) is 6.73. The van der Waals surface area contributed by atoms with Gasteiger partial charge in [-0.05, 0) is 52.9 Å². The Morgan fingerprint density at radius 3 is 2.67 bits per heavy atom. The largest absolute Gasteiger partial charge is 0.481 e. The van der Waals surface area contributed by atoms with E-state index in [0.717, 1.165) is 11.1 Å². The molecular weight excluding hydrogens is 329 g/mol. The minimum absolute atomic E-state index is 0.0224. The number of likely N-dealkylation sites (tertiary alicyclic amines) is 1. The van der Waals surface area contributed by atoms with Crippen molar-refractivity contribution in [2.45, 2.75) is 25.3 Å². The van der Waals surface area contributed by atoms with Crippen LogP contribution in [0.25, 0.3) is 0 Å². The molecule has 0 unspecified atom stereocenters. The quantitative estimate of drug-likeness (QED) is 0.901. The van der Waals surface area contributed by atoms with Gasteiger partial charge in [0.25, 0.3) is 0 Å². The minimum Gasteiger partial charge on any atom is -0.481 e. The van der Waals surface area contributed by atoms with Crippen LogP contribution in [0.2, 0.25) is 0 Å². The Labute approximate surface area is 143 Å². The highest BCUT2D eigenvalue weighted by molar-refractivity contribution is 7.08. The van der Waals surface area contributed by atoms with E-state index in [1.54, 1.807) is 17.0 Å². The molecule has 0 radical (unpaired) electrons. The first-order valence-electron chi connectivity index (χ1n) is 7.85. The number of thiophene rings is 1. The zero-order valence-electron chi connectivity index (χ0n) is 13.0. The minimum atomic E-state index is -0.870. The van der Waals surface area contributed by atoms with Gasteiger partial charge in [-0.2, -0.15) is 11.3 Å². The number of hydrogen-bond donors (Lipinski definition) is 1. The van der Waals surface area contributed by atoms with Crippen molar-refractivity contribution in [3.8, 4) is 0 Å². The molecule has 1 aromatic heterocycles. The lowest BCUT2D eigenvalue weighted by molar-refractivity contribution is -0.152. The summed E-state index contributed by atoms with van der Waals surface area (Å²) in [7, 11) is 0. The Kier molecular flexibility index (Phi) is 4.94. The molecule has 24 heavy (non-hydrogen) atoms. The van der Waals surface area contributed by atoms with Crippen LogP contribution in [0.1, 0.15) is 30.0 Å². The molecule has 6 heteroatoms. The first-order chi connectivity index (χ1) is 11.6. The van der Waals surface area contributed by atoms with Gasteiger partial charge in [-0.25, -0.2) is 4.39 Å². The van der Waals surface area contributed by atoms with Gasteiger partial charge in [-0.1, -0.05) is 12.1 Å². The van der Waals surface area contributed by atoms with Crippen LogP contribution in [0, 0.1) is 11.7 Å². The molecule has 1 aliphatic rings. The van der Waals surface area contributed by atoms with Crippen molar-refractivity contribution in [2.75, 3.05) is 6.54 Å². The standard InChI is InChI=1S/C18H18FNO3S/c19-14-3-1-12(2-4-14)7-9-20-16(21)6-5-15(18(22)23)17(20)13-8-10-24-11-13/h1-4,8,10-11,15,17H,5-7,9H2,(H,22,23)/t15-,17+/m1/s1. The van der Waals surface area contributed by atoms with E-state index in [1.807, 2.05) is 16.8 Å². The number of benzene rings is 1. The molecule has 0 saturated carbocycles. The number of halogens is 1. The zero-order chi connectivity index (χ0) is 17.1. The van der Waals surface area contributed by atoms with Gasteiger partial charge in [0.2, 0.25) is 5.91 Å². The van der Waals surface area contributed by atoms with E-state index < -0.39 is 17.9 Å². The fourth-order valence-electron chi connectivity index (χ4n) is 3.23. The summed E-state index contributed by atoms with van der Waals surface area (Å²) >= 11 is 1.49. The predicted molar refractivity (Wildman–Crippen MR) is 89.2 cm³/mol. The van der Waals surface area contributed by atoms with Crippen molar-refractivity contribution < 1.29 is 19.1 Å². The number of amides is 1. The van der Waals surface area contributed by atoms with Crippen LogP contribution in [0.15, 0.2) is 41.1 Å². The maximum atomic E-state index is 13.0. The third-order valence-electron chi connectivity index (χ3n) is 4.46. The molecule has 0 bridgehead atoms. The Bertz CT molecular complexity index is 714. The summed E-state index contributed by atoms with van der Waals surface area (Å²) in [5.74, 6) is -1.78. The Hall–Kier alpha value is -2.21. The number of rotatable bonds is 5. The van der Waals surface area contributed by atoms with E-state index in [1.165, 1.54) is 23.5 Å².